The third-order valence-corrected chi connectivity index (χ3v) is 1.14. The molecule has 0 aromatic carbocycles. The van der Waals surface area contributed by atoms with E-state index >= 15 is 0 Å². The van der Waals surface area contributed by atoms with E-state index in [1.54, 1.807) is 0 Å². The van der Waals surface area contributed by atoms with Gasteiger partial charge in [0.25, 0.3) is 0 Å². The van der Waals surface area contributed by atoms with Gasteiger partial charge >= 0.3 is 11.9 Å². The standard InChI is InChI=1S/C9H13O4/c1-3-6-12-9(11)5-7-13-8(10)4-2/h3H,1-2,4-7H2. The number of carbonyl (C=O) groups excluding carboxylic acids is 2. The molecule has 0 N–H and O–H groups in total. The molecular weight excluding hydrogens is 172 g/mol. The summed E-state index contributed by atoms with van der Waals surface area (Å²) in [5.41, 5.74) is 0. The Hall–Kier alpha value is -1.32. The highest BCUT2D eigenvalue weighted by Gasteiger charge is 2.03. The molecule has 0 unspecified atom stereocenters. The maximum Gasteiger partial charge on any atom is 0.309 e. The van der Waals surface area contributed by atoms with E-state index in [-0.39, 0.29) is 26.1 Å². The minimum atomic E-state index is -0.420. The van der Waals surface area contributed by atoms with Crippen molar-refractivity contribution in [1.82, 2.24) is 0 Å². The minimum absolute atomic E-state index is 0.0460. The van der Waals surface area contributed by atoms with Gasteiger partial charge in [-0.25, -0.2) is 0 Å². The lowest BCUT2D eigenvalue weighted by atomic mass is 10.4. The van der Waals surface area contributed by atoms with Crippen LogP contribution in [0.25, 0.3) is 0 Å². The lowest BCUT2D eigenvalue weighted by Gasteiger charge is -2.02. The van der Waals surface area contributed by atoms with Crippen molar-refractivity contribution >= 4 is 11.9 Å². The summed E-state index contributed by atoms with van der Waals surface area (Å²) in [4.78, 5) is 21.3. The van der Waals surface area contributed by atoms with Gasteiger partial charge in [-0.15, -0.1) is 0 Å². The largest absolute Gasteiger partial charge is 0.465 e. The zero-order chi connectivity index (χ0) is 10.1. The van der Waals surface area contributed by atoms with E-state index in [0.717, 1.165) is 0 Å². The van der Waals surface area contributed by atoms with Gasteiger partial charge in [0.15, 0.2) is 0 Å². The van der Waals surface area contributed by atoms with Crippen LogP contribution in [0.15, 0.2) is 12.7 Å². The van der Waals surface area contributed by atoms with Crippen molar-refractivity contribution in [2.75, 3.05) is 13.2 Å². The van der Waals surface area contributed by atoms with Crippen LogP contribution < -0.4 is 0 Å². The Morgan fingerprint density at radius 1 is 1.23 bits per heavy atom. The van der Waals surface area contributed by atoms with Crippen LogP contribution in [0.4, 0.5) is 0 Å². The number of hydrogen-bond donors (Lipinski definition) is 0. The topological polar surface area (TPSA) is 52.6 Å². The average Bonchev–Trinajstić information content (AvgIpc) is 2.14. The first-order valence-corrected chi connectivity index (χ1v) is 3.92. The maximum absolute atomic E-state index is 10.8. The van der Waals surface area contributed by atoms with Crippen LogP contribution in [0.3, 0.4) is 0 Å². The third-order valence-electron chi connectivity index (χ3n) is 1.14. The van der Waals surface area contributed by atoms with Gasteiger partial charge in [0, 0.05) is 6.42 Å². The lowest BCUT2D eigenvalue weighted by molar-refractivity contribution is -0.148. The molecule has 4 nitrogen and oxygen atoms in total. The van der Waals surface area contributed by atoms with Gasteiger partial charge in [0.2, 0.25) is 0 Å². The van der Waals surface area contributed by atoms with Crippen molar-refractivity contribution in [3.8, 4) is 0 Å². The van der Waals surface area contributed by atoms with E-state index in [4.69, 9.17) is 0 Å². The molecule has 0 spiro atoms. The van der Waals surface area contributed by atoms with Gasteiger partial charge in [-0.05, 0) is 6.92 Å². The van der Waals surface area contributed by atoms with Gasteiger partial charge in [-0.1, -0.05) is 12.7 Å². The molecule has 0 atom stereocenters. The molecule has 4 heteroatoms. The van der Waals surface area contributed by atoms with E-state index in [0.29, 0.717) is 0 Å². The zero-order valence-electron chi connectivity index (χ0n) is 7.45. The normalized spacial score (nSPS) is 9.00. The molecule has 0 aliphatic carbocycles. The summed E-state index contributed by atoms with van der Waals surface area (Å²) in [5, 5.41) is 0. The summed E-state index contributed by atoms with van der Waals surface area (Å²) in [7, 11) is 0. The number of rotatable bonds is 6. The Balaban J connectivity index is 3.36. The van der Waals surface area contributed by atoms with Gasteiger partial charge in [0.05, 0.1) is 6.42 Å². The molecule has 0 aromatic heterocycles. The van der Waals surface area contributed by atoms with E-state index in [1.165, 1.54) is 6.08 Å². The number of hydrogen-bond acceptors (Lipinski definition) is 4. The van der Waals surface area contributed by atoms with E-state index in [1.807, 2.05) is 0 Å². The molecule has 0 fully saturated rings. The van der Waals surface area contributed by atoms with E-state index in [2.05, 4.69) is 23.0 Å². The zero-order valence-corrected chi connectivity index (χ0v) is 7.45. The molecule has 0 aliphatic rings. The summed E-state index contributed by atoms with van der Waals surface area (Å²) in [6, 6.07) is 0. The quantitative estimate of drug-likeness (QED) is 0.455. The smallest absolute Gasteiger partial charge is 0.309 e. The lowest BCUT2D eigenvalue weighted by Crippen LogP contribution is -2.11. The summed E-state index contributed by atoms with van der Waals surface area (Å²) in [6.07, 6.45) is 1.61. The van der Waals surface area contributed by atoms with Crippen molar-refractivity contribution < 1.29 is 19.1 Å². The first-order chi connectivity index (χ1) is 6.20. The van der Waals surface area contributed by atoms with Crippen LogP contribution in [-0.2, 0) is 19.1 Å². The number of carbonyl (C=O) groups is 2. The molecular formula is C9H13O4. The molecule has 0 rings (SSSR count). The highest BCUT2D eigenvalue weighted by molar-refractivity contribution is 5.72. The highest BCUT2D eigenvalue weighted by atomic mass is 16.5. The molecule has 0 saturated carbocycles. The highest BCUT2D eigenvalue weighted by Crippen LogP contribution is 1.90. The second-order valence-electron chi connectivity index (χ2n) is 2.19. The molecule has 0 heterocycles. The second kappa shape index (κ2) is 7.34. The van der Waals surface area contributed by atoms with Crippen LogP contribution in [0.1, 0.15) is 12.8 Å². The van der Waals surface area contributed by atoms with Gasteiger partial charge in [-0.3, -0.25) is 9.59 Å². The predicted molar refractivity (Wildman–Crippen MR) is 46.7 cm³/mol. The summed E-state index contributed by atoms with van der Waals surface area (Å²) < 4.78 is 9.26. The Labute approximate surface area is 77.5 Å². The van der Waals surface area contributed by atoms with Crippen molar-refractivity contribution in [2.24, 2.45) is 0 Å². The molecule has 1 radical (unpaired) electrons. The van der Waals surface area contributed by atoms with Crippen LogP contribution in [0.2, 0.25) is 0 Å². The molecule has 0 saturated heterocycles. The summed E-state index contributed by atoms with van der Waals surface area (Å²) in [6.45, 7) is 6.94. The fourth-order valence-corrected chi connectivity index (χ4v) is 0.544. The van der Waals surface area contributed by atoms with Gasteiger partial charge in [-0.2, -0.15) is 0 Å². The summed E-state index contributed by atoms with van der Waals surface area (Å²) >= 11 is 0. The molecule has 0 aliphatic heterocycles. The Morgan fingerprint density at radius 3 is 2.46 bits per heavy atom. The minimum Gasteiger partial charge on any atom is -0.465 e. The fourth-order valence-electron chi connectivity index (χ4n) is 0.544. The Bertz CT molecular complexity index is 186. The SMILES string of the molecule is [CH2]CC(=O)OCCC(=O)OCC=C. The first-order valence-electron chi connectivity index (χ1n) is 3.92. The van der Waals surface area contributed by atoms with Crippen LogP contribution in [0.5, 0.6) is 0 Å². The van der Waals surface area contributed by atoms with Crippen LogP contribution in [0, 0.1) is 6.92 Å². The van der Waals surface area contributed by atoms with Gasteiger partial charge in [0.1, 0.15) is 13.2 Å². The number of esters is 2. The maximum atomic E-state index is 10.8. The van der Waals surface area contributed by atoms with E-state index in [9.17, 15) is 9.59 Å². The first kappa shape index (κ1) is 11.7. The molecule has 0 aromatic rings. The molecule has 0 bridgehead atoms. The second-order valence-corrected chi connectivity index (χ2v) is 2.19. The monoisotopic (exact) mass is 185 g/mol. The van der Waals surface area contributed by atoms with Crippen LogP contribution >= 0.6 is 0 Å². The fraction of sp³-hybridized carbons (Fsp3) is 0.444. The third kappa shape index (κ3) is 7.05. The van der Waals surface area contributed by atoms with E-state index < -0.39 is 11.9 Å². The Kier molecular flexibility index (Phi) is 6.59. The Morgan fingerprint density at radius 2 is 1.92 bits per heavy atom. The van der Waals surface area contributed by atoms with Crippen LogP contribution in [-0.4, -0.2) is 25.2 Å². The molecule has 73 valence electrons. The predicted octanol–water partition coefficient (Wildman–Crippen LogP) is 0.873. The molecule has 0 amide bonds. The van der Waals surface area contributed by atoms with Crippen molar-refractivity contribution in [3.63, 3.8) is 0 Å². The van der Waals surface area contributed by atoms with Gasteiger partial charge < -0.3 is 9.47 Å². The average molecular weight is 185 g/mol. The molecule has 13 heavy (non-hydrogen) atoms. The van der Waals surface area contributed by atoms with Crippen molar-refractivity contribution in [2.45, 2.75) is 12.8 Å². The van der Waals surface area contributed by atoms with Crippen molar-refractivity contribution in [3.05, 3.63) is 19.6 Å². The number of ether oxygens (including phenoxy) is 2. The van der Waals surface area contributed by atoms with Crippen molar-refractivity contribution in [1.29, 1.82) is 0 Å². The summed E-state index contributed by atoms with van der Waals surface area (Å²) in [5.74, 6) is -0.826.